The molecule has 5 heteroatoms. The number of nitrogens with zero attached hydrogens (tertiary/aromatic N) is 1. The van der Waals surface area contributed by atoms with Crippen molar-refractivity contribution in [2.75, 3.05) is 26.3 Å². The van der Waals surface area contributed by atoms with Crippen molar-refractivity contribution in [3.8, 4) is 0 Å². The van der Waals surface area contributed by atoms with Crippen LogP contribution in [0.3, 0.4) is 0 Å². The second-order valence-electron chi connectivity index (χ2n) is 6.77. The molecule has 1 aliphatic heterocycles. The van der Waals surface area contributed by atoms with Crippen LogP contribution in [0.4, 0.5) is 0 Å². The highest BCUT2D eigenvalue weighted by Gasteiger charge is 2.34. The molecule has 0 aliphatic carbocycles. The molecule has 5 nitrogen and oxygen atoms in total. The van der Waals surface area contributed by atoms with Gasteiger partial charge in [0.2, 0.25) is 0 Å². The van der Waals surface area contributed by atoms with Gasteiger partial charge in [-0.25, -0.2) is 0 Å². The molecule has 1 N–H and O–H groups in total. The molecule has 0 radical (unpaired) electrons. The second-order valence-corrected chi connectivity index (χ2v) is 6.77. The number of unbranched alkanes of at least 4 members (excludes halogenated alkanes) is 1. The third-order valence-electron chi connectivity index (χ3n) is 3.44. The van der Waals surface area contributed by atoms with Crippen molar-refractivity contribution in [1.82, 2.24) is 4.90 Å². The van der Waals surface area contributed by atoms with E-state index >= 15 is 0 Å². The summed E-state index contributed by atoms with van der Waals surface area (Å²) in [6.07, 6.45) is 3.32. The van der Waals surface area contributed by atoms with Crippen molar-refractivity contribution in [2.45, 2.75) is 71.1 Å². The molecule has 1 saturated heterocycles. The Labute approximate surface area is 128 Å². The summed E-state index contributed by atoms with van der Waals surface area (Å²) in [7, 11) is 0. The summed E-state index contributed by atoms with van der Waals surface area (Å²) in [6, 6.07) is -0.227. The zero-order valence-corrected chi connectivity index (χ0v) is 13.9. The first kappa shape index (κ1) is 18.4. The van der Waals surface area contributed by atoms with Crippen LogP contribution in [-0.2, 0) is 14.3 Å². The maximum atomic E-state index is 12.2. The fourth-order valence-corrected chi connectivity index (χ4v) is 2.47. The first-order chi connectivity index (χ1) is 9.83. The van der Waals surface area contributed by atoms with E-state index in [1.165, 1.54) is 0 Å². The van der Waals surface area contributed by atoms with E-state index in [1.54, 1.807) is 0 Å². The largest absolute Gasteiger partial charge is 0.459 e. The number of hydrogen-bond donors (Lipinski definition) is 1. The Hall–Kier alpha value is -0.650. The van der Waals surface area contributed by atoms with Gasteiger partial charge in [0.05, 0.1) is 12.7 Å². The number of likely N-dealkylation sites (tertiary alicyclic amines) is 1. The van der Waals surface area contributed by atoms with E-state index in [1.807, 2.05) is 25.7 Å². The molecule has 124 valence electrons. The molecule has 0 saturated carbocycles. The normalized spacial score (nSPS) is 21.5. The Morgan fingerprint density at radius 3 is 2.76 bits per heavy atom. The number of esters is 1. The lowest BCUT2D eigenvalue weighted by molar-refractivity contribution is -0.160. The van der Waals surface area contributed by atoms with E-state index in [9.17, 15) is 9.90 Å². The number of ether oxygens (including phenoxy) is 2. The van der Waals surface area contributed by atoms with E-state index in [2.05, 4.69) is 6.92 Å². The van der Waals surface area contributed by atoms with Crippen molar-refractivity contribution >= 4 is 5.97 Å². The number of rotatable bonds is 8. The topological polar surface area (TPSA) is 59.0 Å². The van der Waals surface area contributed by atoms with Crippen molar-refractivity contribution in [1.29, 1.82) is 0 Å². The van der Waals surface area contributed by atoms with Crippen molar-refractivity contribution in [3.05, 3.63) is 0 Å². The standard InChI is InChI=1S/C16H31NO4/c1-5-6-10-20-12-13(18)11-17-9-7-8-14(17)15(19)21-16(2,3)4/h13-14,18H,5-12H2,1-4H3/t13?,14-/m1/s1. The molecule has 1 rings (SSSR count). The van der Waals surface area contributed by atoms with Crippen LogP contribution in [0, 0.1) is 0 Å². The predicted octanol–water partition coefficient (Wildman–Crippen LogP) is 1.97. The van der Waals surface area contributed by atoms with Gasteiger partial charge in [0, 0.05) is 13.2 Å². The SMILES string of the molecule is CCCCOCC(O)CN1CCC[C@@H]1C(=O)OC(C)(C)C. The molecule has 1 aliphatic rings. The minimum Gasteiger partial charge on any atom is -0.459 e. The molecule has 2 atom stereocenters. The number of carbonyl (C=O) groups is 1. The van der Waals surface area contributed by atoms with Crippen molar-refractivity contribution < 1.29 is 19.4 Å². The predicted molar refractivity (Wildman–Crippen MR) is 82.2 cm³/mol. The van der Waals surface area contributed by atoms with E-state index < -0.39 is 11.7 Å². The Kier molecular flexibility index (Phi) is 7.63. The summed E-state index contributed by atoms with van der Waals surface area (Å²) in [5.41, 5.74) is -0.465. The fourth-order valence-electron chi connectivity index (χ4n) is 2.47. The number of carbonyl (C=O) groups excluding carboxylic acids is 1. The summed E-state index contributed by atoms with van der Waals surface area (Å²) in [5.74, 6) is -0.181. The van der Waals surface area contributed by atoms with Gasteiger partial charge in [0.15, 0.2) is 0 Å². The highest BCUT2D eigenvalue weighted by Crippen LogP contribution is 2.21. The molecule has 0 aromatic carbocycles. The molecule has 21 heavy (non-hydrogen) atoms. The Morgan fingerprint density at radius 2 is 2.14 bits per heavy atom. The summed E-state index contributed by atoms with van der Waals surface area (Å²) in [6.45, 7) is 10.0. The maximum absolute atomic E-state index is 12.2. The lowest BCUT2D eigenvalue weighted by atomic mass is 10.1. The van der Waals surface area contributed by atoms with E-state index in [-0.39, 0.29) is 12.0 Å². The minimum atomic E-state index is -0.551. The lowest BCUT2D eigenvalue weighted by Crippen LogP contribution is -2.44. The third-order valence-corrected chi connectivity index (χ3v) is 3.44. The summed E-state index contributed by atoms with van der Waals surface area (Å²) in [4.78, 5) is 14.2. The van der Waals surface area contributed by atoms with Gasteiger partial charge >= 0.3 is 5.97 Å². The summed E-state index contributed by atoms with van der Waals surface area (Å²) in [5, 5.41) is 10.0. The van der Waals surface area contributed by atoms with Crippen LogP contribution in [0.15, 0.2) is 0 Å². The third kappa shape index (κ3) is 7.25. The molecule has 1 fully saturated rings. The van der Waals surface area contributed by atoms with Crippen LogP contribution < -0.4 is 0 Å². The van der Waals surface area contributed by atoms with Gasteiger partial charge in [-0.3, -0.25) is 9.69 Å². The van der Waals surface area contributed by atoms with Gasteiger partial charge in [-0.2, -0.15) is 0 Å². The number of β-amino-alcohol motifs (C(OH)–C–C–N with tert-alkyl or cyclic N) is 1. The van der Waals surface area contributed by atoms with Gasteiger partial charge < -0.3 is 14.6 Å². The van der Waals surface area contributed by atoms with Gasteiger partial charge in [0.1, 0.15) is 11.6 Å². The molecule has 0 spiro atoms. The Bertz CT molecular complexity index is 314. The van der Waals surface area contributed by atoms with Crippen LogP contribution in [-0.4, -0.2) is 60.0 Å². The average molecular weight is 301 g/mol. The number of aliphatic hydroxyl groups is 1. The zero-order valence-electron chi connectivity index (χ0n) is 13.9. The Balaban J connectivity index is 2.37. The number of aliphatic hydroxyl groups excluding tert-OH is 1. The van der Waals surface area contributed by atoms with Gasteiger partial charge in [-0.15, -0.1) is 0 Å². The van der Waals surface area contributed by atoms with Crippen LogP contribution in [0.2, 0.25) is 0 Å². The second kappa shape index (κ2) is 8.71. The Morgan fingerprint density at radius 1 is 1.43 bits per heavy atom. The molecule has 0 bridgehead atoms. The van der Waals surface area contributed by atoms with Crippen LogP contribution in [0.25, 0.3) is 0 Å². The first-order valence-electron chi connectivity index (χ1n) is 8.06. The van der Waals surface area contributed by atoms with Gasteiger partial charge in [-0.05, 0) is 46.6 Å². The molecule has 0 aromatic rings. The molecular formula is C16H31NO4. The summed E-state index contributed by atoms with van der Waals surface area (Å²) >= 11 is 0. The van der Waals surface area contributed by atoms with Gasteiger partial charge in [-0.1, -0.05) is 13.3 Å². The molecule has 1 unspecified atom stereocenters. The number of hydrogen-bond acceptors (Lipinski definition) is 5. The molecular weight excluding hydrogens is 270 g/mol. The summed E-state index contributed by atoms with van der Waals surface area (Å²) < 4.78 is 10.9. The quantitative estimate of drug-likeness (QED) is 0.549. The van der Waals surface area contributed by atoms with Crippen LogP contribution in [0.5, 0.6) is 0 Å². The minimum absolute atomic E-state index is 0.181. The monoisotopic (exact) mass is 301 g/mol. The molecule has 0 aromatic heterocycles. The first-order valence-corrected chi connectivity index (χ1v) is 8.06. The highest BCUT2D eigenvalue weighted by molar-refractivity contribution is 5.76. The van der Waals surface area contributed by atoms with Gasteiger partial charge in [0.25, 0.3) is 0 Å². The smallest absolute Gasteiger partial charge is 0.323 e. The van der Waals surface area contributed by atoms with Crippen LogP contribution >= 0.6 is 0 Å². The zero-order chi connectivity index (χ0) is 15.9. The fraction of sp³-hybridized carbons (Fsp3) is 0.938. The van der Waals surface area contributed by atoms with E-state index in [0.29, 0.717) is 19.8 Å². The lowest BCUT2D eigenvalue weighted by Gasteiger charge is -2.28. The van der Waals surface area contributed by atoms with Crippen molar-refractivity contribution in [3.63, 3.8) is 0 Å². The van der Waals surface area contributed by atoms with Crippen LogP contribution in [0.1, 0.15) is 53.4 Å². The van der Waals surface area contributed by atoms with Crippen molar-refractivity contribution in [2.24, 2.45) is 0 Å². The highest BCUT2D eigenvalue weighted by atomic mass is 16.6. The molecule has 0 amide bonds. The molecule has 1 heterocycles. The van der Waals surface area contributed by atoms with E-state index in [0.717, 1.165) is 32.2 Å². The van der Waals surface area contributed by atoms with E-state index in [4.69, 9.17) is 9.47 Å². The average Bonchev–Trinajstić information content (AvgIpc) is 2.81. The maximum Gasteiger partial charge on any atom is 0.323 e.